The number of pyridine rings is 1. The third-order valence-corrected chi connectivity index (χ3v) is 4.56. The van der Waals surface area contributed by atoms with Gasteiger partial charge in [0, 0.05) is 38.6 Å². The first-order valence-electron chi connectivity index (χ1n) is 8.53. The number of fused-ring (bicyclic) bond motifs is 1. The number of hydrogen-bond acceptors (Lipinski definition) is 5. The molecule has 3 heterocycles. The van der Waals surface area contributed by atoms with Gasteiger partial charge in [0.2, 0.25) is 0 Å². The summed E-state index contributed by atoms with van der Waals surface area (Å²) in [4.78, 5) is 19.0. The van der Waals surface area contributed by atoms with E-state index in [1.165, 1.54) is 17.9 Å². The Hall–Kier alpha value is -2.53. The Balaban J connectivity index is 2.34. The van der Waals surface area contributed by atoms with Crippen molar-refractivity contribution < 1.29 is 17.9 Å². The van der Waals surface area contributed by atoms with Crippen molar-refractivity contribution in [2.75, 3.05) is 13.7 Å². The van der Waals surface area contributed by atoms with Crippen LogP contribution in [-0.4, -0.2) is 38.0 Å². The number of hydrogen-bond donors (Lipinski definition) is 1. The molecular weight excluding hydrogens is 395 g/mol. The summed E-state index contributed by atoms with van der Waals surface area (Å²) in [7, 11) is 1.52. The minimum Gasteiger partial charge on any atom is -0.385 e. The van der Waals surface area contributed by atoms with Crippen LogP contribution in [0.25, 0.3) is 22.3 Å². The van der Waals surface area contributed by atoms with E-state index < -0.39 is 22.7 Å². The summed E-state index contributed by atoms with van der Waals surface area (Å²) >= 11 is 5.16. The zero-order valence-electron chi connectivity index (χ0n) is 15.2. The highest BCUT2D eigenvalue weighted by atomic mass is 32.1. The van der Waals surface area contributed by atoms with E-state index >= 15 is 0 Å². The van der Waals surface area contributed by atoms with Gasteiger partial charge in [0.15, 0.2) is 4.77 Å². The number of nitrogens with zero attached hydrogens (tertiary/aromatic N) is 4. The van der Waals surface area contributed by atoms with Gasteiger partial charge in [0.05, 0.1) is 22.8 Å². The fourth-order valence-electron chi connectivity index (χ4n) is 2.89. The van der Waals surface area contributed by atoms with Gasteiger partial charge in [-0.2, -0.15) is 18.3 Å². The number of methoxy groups -OCH3 is 1. The lowest BCUT2D eigenvalue weighted by Gasteiger charge is -2.15. The molecule has 0 fully saturated rings. The highest BCUT2D eigenvalue weighted by Crippen LogP contribution is 2.35. The molecule has 0 atom stereocenters. The van der Waals surface area contributed by atoms with Crippen LogP contribution in [0.15, 0.2) is 23.3 Å². The van der Waals surface area contributed by atoms with E-state index in [0.29, 0.717) is 25.1 Å². The number of aryl methyl sites for hydroxylation is 2. The van der Waals surface area contributed by atoms with Gasteiger partial charge in [-0.05, 0) is 31.6 Å². The first-order chi connectivity index (χ1) is 13.3. The minimum absolute atomic E-state index is 0.00984. The van der Waals surface area contributed by atoms with Crippen LogP contribution in [0.4, 0.5) is 13.2 Å². The second kappa shape index (κ2) is 7.84. The highest BCUT2D eigenvalue weighted by Gasteiger charge is 2.35. The topological polar surface area (TPSA) is 77.7 Å². The number of alkyl halides is 3. The molecule has 0 radical (unpaired) electrons. The molecule has 0 aliphatic heterocycles. The summed E-state index contributed by atoms with van der Waals surface area (Å²) in [5, 5.41) is 3.55. The average Bonchev–Trinajstić information content (AvgIpc) is 3.12. The second-order valence-electron chi connectivity index (χ2n) is 6.09. The van der Waals surface area contributed by atoms with E-state index in [-0.39, 0.29) is 22.7 Å². The summed E-state index contributed by atoms with van der Waals surface area (Å²) in [6, 6.07) is 0.872. The Morgan fingerprint density at radius 2 is 2.11 bits per heavy atom. The van der Waals surface area contributed by atoms with Gasteiger partial charge in [0.25, 0.3) is 5.56 Å². The molecule has 0 bridgehead atoms. The molecule has 7 nitrogen and oxygen atoms in total. The van der Waals surface area contributed by atoms with Crippen LogP contribution in [0.1, 0.15) is 18.9 Å². The SMILES string of the molecule is CCn1cc(-c2cc(C(F)(F)F)c3c(=O)[nH]c(=S)n(CCCOC)c3n2)cn1. The molecule has 3 aromatic heterocycles. The zero-order valence-corrected chi connectivity index (χ0v) is 16.0. The lowest BCUT2D eigenvalue weighted by atomic mass is 10.1. The standard InChI is InChI=1S/C17H18F3N5O2S/c1-3-24-9-10(8-21-24)12-7-11(17(18,19)20)13-14(22-12)25(5-4-6-27-2)16(28)23-15(13)26/h7-9H,3-6H2,1-2H3,(H,23,26,28). The molecule has 0 amide bonds. The Morgan fingerprint density at radius 1 is 1.36 bits per heavy atom. The number of aromatic amines is 1. The highest BCUT2D eigenvalue weighted by molar-refractivity contribution is 7.71. The van der Waals surface area contributed by atoms with Gasteiger partial charge in [-0.1, -0.05) is 0 Å². The number of rotatable bonds is 6. The predicted octanol–water partition coefficient (Wildman–Crippen LogP) is 3.39. The summed E-state index contributed by atoms with van der Waals surface area (Å²) in [6.07, 6.45) is -1.20. The van der Waals surface area contributed by atoms with E-state index in [0.717, 1.165) is 6.07 Å². The van der Waals surface area contributed by atoms with Crippen molar-refractivity contribution in [2.24, 2.45) is 0 Å². The minimum atomic E-state index is -4.74. The number of aromatic nitrogens is 5. The molecule has 0 aromatic carbocycles. The summed E-state index contributed by atoms with van der Waals surface area (Å²) in [5.41, 5.74) is -1.60. The Bertz CT molecular complexity index is 1120. The number of ether oxygens (including phenoxy) is 1. The van der Waals surface area contributed by atoms with Crippen molar-refractivity contribution in [1.82, 2.24) is 24.3 Å². The molecule has 0 saturated carbocycles. The van der Waals surface area contributed by atoms with E-state index in [1.807, 2.05) is 6.92 Å². The molecule has 0 spiro atoms. The van der Waals surface area contributed by atoms with Crippen LogP contribution < -0.4 is 5.56 Å². The zero-order chi connectivity index (χ0) is 20.5. The quantitative estimate of drug-likeness (QED) is 0.495. The molecule has 3 aromatic rings. The maximum absolute atomic E-state index is 13.7. The van der Waals surface area contributed by atoms with Crippen molar-refractivity contribution in [3.8, 4) is 11.3 Å². The molecule has 28 heavy (non-hydrogen) atoms. The van der Waals surface area contributed by atoms with Crippen LogP contribution in [0.2, 0.25) is 0 Å². The molecule has 0 aliphatic rings. The van der Waals surface area contributed by atoms with Crippen molar-refractivity contribution in [1.29, 1.82) is 0 Å². The van der Waals surface area contributed by atoms with Crippen LogP contribution in [0, 0.1) is 4.77 Å². The summed E-state index contributed by atoms with van der Waals surface area (Å²) in [5.74, 6) is 0. The van der Waals surface area contributed by atoms with Crippen LogP contribution in [0.3, 0.4) is 0 Å². The molecule has 150 valence electrons. The van der Waals surface area contributed by atoms with E-state index in [2.05, 4.69) is 15.1 Å². The number of H-pyrrole nitrogens is 1. The van der Waals surface area contributed by atoms with Gasteiger partial charge in [-0.3, -0.25) is 14.5 Å². The Labute approximate surface area is 162 Å². The van der Waals surface area contributed by atoms with Gasteiger partial charge < -0.3 is 9.30 Å². The fraction of sp³-hybridized carbons (Fsp3) is 0.412. The molecule has 1 N–H and O–H groups in total. The maximum atomic E-state index is 13.7. The van der Waals surface area contributed by atoms with Crippen molar-refractivity contribution >= 4 is 23.3 Å². The largest absolute Gasteiger partial charge is 0.417 e. The molecule has 11 heteroatoms. The first-order valence-corrected chi connectivity index (χ1v) is 8.94. The van der Waals surface area contributed by atoms with Gasteiger partial charge in [0.1, 0.15) is 5.65 Å². The average molecular weight is 413 g/mol. The fourth-order valence-corrected chi connectivity index (χ4v) is 3.16. The Morgan fingerprint density at radius 3 is 2.71 bits per heavy atom. The smallest absolute Gasteiger partial charge is 0.385 e. The summed E-state index contributed by atoms with van der Waals surface area (Å²) < 4.78 is 49.2. The number of halogens is 3. The van der Waals surface area contributed by atoms with E-state index in [4.69, 9.17) is 17.0 Å². The van der Waals surface area contributed by atoms with Gasteiger partial charge in [-0.25, -0.2) is 4.98 Å². The molecule has 3 rings (SSSR count). The van der Waals surface area contributed by atoms with E-state index in [1.54, 1.807) is 10.9 Å². The third kappa shape index (κ3) is 3.85. The molecule has 0 unspecified atom stereocenters. The van der Waals surface area contributed by atoms with Crippen LogP contribution >= 0.6 is 12.2 Å². The molecular formula is C17H18F3N5O2S. The van der Waals surface area contributed by atoms with Crippen molar-refractivity contribution in [3.05, 3.63) is 39.1 Å². The predicted molar refractivity (Wildman–Crippen MR) is 99.6 cm³/mol. The number of nitrogens with one attached hydrogen (secondary N) is 1. The third-order valence-electron chi connectivity index (χ3n) is 4.24. The Kier molecular flexibility index (Phi) is 5.66. The lowest BCUT2D eigenvalue weighted by molar-refractivity contribution is -0.136. The van der Waals surface area contributed by atoms with Crippen LogP contribution in [-0.2, 0) is 24.0 Å². The first kappa shape index (κ1) is 20.2. The van der Waals surface area contributed by atoms with Gasteiger partial charge in [-0.15, -0.1) is 0 Å². The van der Waals surface area contributed by atoms with E-state index in [9.17, 15) is 18.0 Å². The monoisotopic (exact) mass is 413 g/mol. The summed E-state index contributed by atoms with van der Waals surface area (Å²) in [6.45, 7) is 3.06. The van der Waals surface area contributed by atoms with Crippen molar-refractivity contribution in [2.45, 2.75) is 32.6 Å². The maximum Gasteiger partial charge on any atom is 0.417 e. The van der Waals surface area contributed by atoms with Crippen LogP contribution in [0.5, 0.6) is 0 Å². The lowest BCUT2D eigenvalue weighted by Crippen LogP contribution is -2.21. The second-order valence-corrected chi connectivity index (χ2v) is 6.48. The molecule has 0 saturated heterocycles. The van der Waals surface area contributed by atoms with Gasteiger partial charge >= 0.3 is 6.18 Å². The van der Waals surface area contributed by atoms with Crippen molar-refractivity contribution in [3.63, 3.8) is 0 Å². The normalized spacial score (nSPS) is 12.0. The molecule has 0 aliphatic carbocycles.